The van der Waals surface area contributed by atoms with Crippen LogP contribution in [0.15, 0.2) is 18.5 Å². The lowest BCUT2D eigenvalue weighted by Gasteiger charge is -2.40. The first kappa shape index (κ1) is 12.9. The molecule has 1 fully saturated rings. The normalized spacial score (nSPS) is 16.3. The number of amides is 1. The Labute approximate surface area is 108 Å². The fourth-order valence-corrected chi connectivity index (χ4v) is 2.09. The lowest BCUT2D eigenvalue weighted by atomic mass is 9.90. The highest BCUT2D eigenvalue weighted by Gasteiger charge is 2.34. The summed E-state index contributed by atoms with van der Waals surface area (Å²) in [5, 5.41) is 0. The van der Waals surface area contributed by atoms with Gasteiger partial charge in [0.2, 0.25) is 0 Å². The van der Waals surface area contributed by atoms with Gasteiger partial charge in [0.15, 0.2) is 0 Å². The number of hydrogen-bond acceptors (Lipinski definition) is 3. The molecule has 1 aliphatic heterocycles. The second-order valence-corrected chi connectivity index (χ2v) is 5.81. The number of aromatic nitrogens is 1. The van der Waals surface area contributed by atoms with Crippen LogP contribution in [0.3, 0.4) is 0 Å². The molecule has 18 heavy (non-hydrogen) atoms. The van der Waals surface area contributed by atoms with Crippen LogP contribution in [0.5, 0.6) is 0 Å². The van der Waals surface area contributed by atoms with Crippen molar-refractivity contribution in [3.05, 3.63) is 29.6 Å². The van der Waals surface area contributed by atoms with Gasteiger partial charge >= 0.3 is 6.09 Å². The molecule has 0 bridgehead atoms. The van der Waals surface area contributed by atoms with Gasteiger partial charge in [0.25, 0.3) is 0 Å². The molecular formula is C14H20N2O2. The molecule has 0 spiro atoms. The first-order valence-electron chi connectivity index (χ1n) is 6.25. The van der Waals surface area contributed by atoms with E-state index in [0.29, 0.717) is 5.92 Å². The van der Waals surface area contributed by atoms with Crippen LogP contribution in [0, 0.1) is 6.92 Å². The minimum Gasteiger partial charge on any atom is -0.444 e. The number of carbonyl (C=O) groups excluding carboxylic acids is 1. The third-order valence-electron chi connectivity index (χ3n) is 3.04. The summed E-state index contributed by atoms with van der Waals surface area (Å²) in [6.07, 6.45) is 3.45. The topological polar surface area (TPSA) is 42.4 Å². The molecule has 0 aromatic carbocycles. The molecule has 0 aliphatic carbocycles. The van der Waals surface area contributed by atoms with Crippen molar-refractivity contribution in [1.29, 1.82) is 0 Å². The van der Waals surface area contributed by atoms with Crippen LogP contribution < -0.4 is 0 Å². The molecule has 0 N–H and O–H groups in total. The van der Waals surface area contributed by atoms with Crippen LogP contribution in [-0.4, -0.2) is 34.7 Å². The summed E-state index contributed by atoms with van der Waals surface area (Å²) in [6.45, 7) is 9.18. The van der Waals surface area contributed by atoms with E-state index in [4.69, 9.17) is 4.74 Å². The summed E-state index contributed by atoms with van der Waals surface area (Å²) in [5.41, 5.74) is 2.05. The van der Waals surface area contributed by atoms with Crippen molar-refractivity contribution < 1.29 is 9.53 Å². The first-order valence-corrected chi connectivity index (χ1v) is 6.25. The lowest BCUT2D eigenvalue weighted by molar-refractivity contribution is 0.00813. The third kappa shape index (κ3) is 2.81. The Morgan fingerprint density at radius 3 is 2.67 bits per heavy atom. The smallest absolute Gasteiger partial charge is 0.410 e. The van der Waals surface area contributed by atoms with Crippen molar-refractivity contribution in [3.8, 4) is 0 Å². The summed E-state index contributed by atoms with van der Waals surface area (Å²) >= 11 is 0. The van der Waals surface area contributed by atoms with E-state index in [2.05, 4.69) is 11.9 Å². The molecule has 1 aliphatic rings. The molecule has 0 atom stereocenters. The number of likely N-dealkylation sites (tertiary alicyclic amines) is 1. The number of carbonyl (C=O) groups is 1. The van der Waals surface area contributed by atoms with Crippen LogP contribution >= 0.6 is 0 Å². The van der Waals surface area contributed by atoms with Crippen molar-refractivity contribution in [1.82, 2.24) is 9.88 Å². The van der Waals surface area contributed by atoms with E-state index in [-0.39, 0.29) is 6.09 Å². The van der Waals surface area contributed by atoms with Gasteiger partial charge in [-0.15, -0.1) is 0 Å². The summed E-state index contributed by atoms with van der Waals surface area (Å²) in [6, 6.07) is 2.03. The minimum atomic E-state index is -0.422. The Hall–Kier alpha value is -1.58. The van der Waals surface area contributed by atoms with Crippen molar-refractivity contribution in [2.24, 2.45) is 0 Å². The van der Waals surface area contributed by atoms with Gasteiger partial charge in [0.05, 0.1) is 0 Å². The third-order valence-corrected chi connectivity index (χ3v) is 3.04. The van der Waals surface area contributed by atoms with Gasteiger partial charge in [-0.3, -0.25) is 4.98 Å². The molecule has 4 nitrogen and oxygen atoms in total. The van der Waals surface area contributed by atoms with Gasteiger partial charge in [-0.25, -0.2) is 4.79 Å². The molecule has 1 amide bonds. The molecule has 0 radical (unpaired) electrons. The Morgan fingerprint density at radius 2 is 2.11 bits per heavy atom. The zero-order valence-electron chi connectivity index (χ0n) is 11.4. The van der Waals surface area contributed by atoms with E-state index in [9.17, 15) is 4.79 Å². The summed E-state index contributed by atoms with van der Waals surface area (Å²) in [4.78, 5) is 17.6. The predicted octanol–water partition coefficient (Wildman–Crippen LogP) is 2.72. The molecule has 1 aromatic rings. The van der Waals surface area contributed by atoms with Crippen molar-refractivity contribution >= 4 is 6.09 Å². The summed E-state index contributed by atoms with van der Waals surface area (Å²) in [5.74, 6) is 0.417. The molecule has 4 heteroatoms. The van der Waals surface area contributed by atoms with Crippen LogP contribution in [-0.2, 0) is 4.74 Å². The fourth-order valence-electron chi connectivity index (χ4n) is 2.09. The number of nitrogens with zero attached hydrogens (tertiary/aromatic N) is 2. The van der Waals surface area contributed by atoms with Crippen molar-refractivity contribution in [3.63, 3.8) is 0 Å². The Morgan fingerprint density at radius 1 is 1.44 bits per heavy atom. The van der Waals surface area contributed by atoms with Gasteiger partial charge in [0.1, 0.15) is 5.60 Å². The average molecular weight is 248 g/mol. The minimum absolute atomic E-state index is 0.217. The molecule has 0 saturated carbocycles. The maximum absolute atomic E-state index is 11.8. The van der Waals surface area contributed by atoms with Crippen molar-refractivity contribution in [2.75, 3.05) is 13.1 Å². The predicted molar refractivity (Wildman–Crippen MR) is 69.5 cm³/mol. The van der Waals surface area contributed by atoms with Gasteiger partial charge in [-0.1, -0.05) is 0 Å². The molecule has 2 heterocycles. The van der Waals surface area contributed by atoms with Crippen LogP contribution in [0.2, 0.25) is 0 Å². The number of hydrogen-bond donors (Lipinski definition) is 0. The van der Waals surface area contributed by atoms with E-state index >= 15 is 0 Å². The maximum Gasteiger partial charge on any atom is 0.410 e. The SMILES string of the molecule is Cc1cnccc1C1CN(C(=O)OC(C)(C)C)C1. The molecule has 2 rings (SSSR count). The highest BCUT2D eigenvalue weighted by molar-refractivity contribution is 5.69. The lowest BCUT2D eigenvalue weighted by Crippen LogP contribution is -2.50. The van der Waals surface area contributed by atoms with Crippen LogP contribution in [0.4, 0.5) is 4.79 Å². The summed E-state index contributed by atoms with van der Waals surface area (Å²) in [7, 11) is 0. The van der Waals surface area contributed by atoms with E-state index in [1.807, 2.05) is 33.0 Å². The first-order chi connectivity index (χ1) is 8.37. The zero-order valence-corrected chi connectivity index (χ0v) is 11.4. The van der Waals surface area contributed by atoms with E-state index < -0.39 is 5.60 Å². The molecular weight excluding hydrogens is 228 g/mol. The zero-order chi connectivity index (χ0) is 13.3. The van der Waals surface area contributed by atoms with Gasteiger partial charge in [-0.2, -0.15) is 0 Å². The van der Waals surface area contributed by atoms with Gasteiger partial charge in [-0.05, 0) is 44.9 Å². The molecule has 1 saturated heterocycles. The fraction of sp³-hybridized carbons (Fsp3) is 0.571. The Kier molecular flexibility index (Phi) is 3.28. The second-order valence-electron chi connectivity index (χ2n) is 5.81. The molecule has 1 aromatic heterocycles. The number of ether oxygens (including phenoxy) is 1. The monoisotopic (exact) mass is 248 g/mol. The van der Waals surface area contributed by atoms with Crippen LogP contribution in [0.25, 0.3) is 0 Å². The average Bonchev–Trinajstić information content (AvgIpc) is 2.15. The summed E-state index contributed by atoms with van der Waals surface area (Å²) < 4.78 is 5.33. The Balaban J connectivity index is 1.91. The quantitative estimate of drug-likeness (QED) is 0.767. The van der Waals surface area contributed by atoms with Gasteiger partial charge in [0, 0.05) is 31.4 Å². The van der Waals surface area contributed by atoms with E-state index in [0.717, 1.165) is 13.1 Å². The van der Waals surface area contributed by atoms with Crippen LogP contribution in [0.1, 0.15) is 37.8 Å². The van der Waals surface area contributed by atoms with Gasteiger partial charge < -0.3 is 9.64 Å². The van der Waals surface area contributed by atoms with Crippen molar-refractivity contribution in [2.45, 2.75) is 39.2 Å². The highest BCUT2D eigenvalue weighted by atomic mass is 16.6. The van der Waals surface area contributed by atoms with E-state index in [1.54, 1.807) is 11.1 Å². The maximum atomic E-state index is 11.8. The van der Waals surface area contributed by atoms with E-state index in [1.165, 1.54) is 11.1 Å². The molecule has 0 unspecified atom stereocenters. The standard InChI is InChI=1S/C14H20N2O2/c1-10-7-15-6-5-12(10)11-8-16(9-11)13(17)18-14(2,3)4/h5-7,11H,8-9H2,1-4H3. The highest BCUT2D eigenvalue weighted by Crippen LogP contribution is 2.29. The number of rotatable bonds is 1. The number of aryl methyl sites for hydroxylation is 1. The number of pyridine rings is 1. The Bertz CT molecular complexity index is 445. The molecule has 98 valence electrons. The largest absolute Gasteiger partial charge is 0.444 e. The second kappa shape index (κ2) is 4.59.